The fourth-order valence-electron chi connectivity index (χ4n) is 2.51. The molecule has 1 unspecified atom stereocenters. The summed E-state index contributed by atoms with van der Waals surface area (Å²) in [6.07, 6.45) is 7.75. The standard InChI is InChI=1S/C18H19FN4O2/c1-23-12-14(10-21-23)4-7-18(24)20-11-17-9-16(22-25-17)8-13-2-5-15(19)6-3-13/h2-7,10,12,17H,8-9,11H2,1H3,(H,20,24)/b7-4+. The first kappa shape index (κ1) is 16.9. The van der Waals surface area contributed by atoms with Crippen LogP contribution in [0.3, 0.4) is 0 Å². The van der Waals surface area contributed by atoms with Crippen LogP contribution < -0.4 is 5.32 Å². The van der Waals surface area contributed by atoms with Crippen LogP contribution in [-0.4, -0.2) is 34.0 Å². The molecule has 1 aromatic carbocycles. The zero-order valence-corrected chi connectivity index (χ0v) is 13.9. The van der Waals surface area contributed by atoms with Crippen LogP contribution in [0.2, 0.25) is 0 Å². The summed E-state index contributed by atoms with van der Waals surface area (Å²) < 4.78 is 14.6. The number of nitrogens with zero attached hydrogens (tertiary/aromatic N) is 3. The Kier molecular flexibility index (Phi) is 5.23. The molecule has 0 saturated heterocycles. The summed E-state index contributed by atoms with van der Waals surface area (Å²) in [5, 5.41) is 10.9. The quantitative estimate of drug-likeness (QED) is 0.817. The third-order valence-electron chi connectivity index (χ3n) is 3.77. The van der Waals surface area contributed by atoms with E-state index in [9.17, 15) is 9.18 Å². The van der Waals surface area contributed by atoms with Gasteiger partial charge in [-0.15, -0.1) is 0 Å². The highest BCUT2D eigenvalue weighted by molar-refractivity contribution is 5.92. The number of hydrogen-bond acceptors (Lipinski definition) is 4. The van der Waals surface area contributed by atoms with Gasteiger partial charge in [0.1, 0.15) is 11.9 Å². The molecule has 1 aromatic heterocycles. The Bertz CT molecular complexity index is 796. The number of amides is 1. The fourth-order valence-corrected chi connectivity index (χ4v) is 2.51. The van der Waals surface area contributed by atoms with Gasteiger partial charge in [0.2, 0.25) is 5.91 Å². The van der Waals surface area contributed by atoms with E-state index in [0.717, 1.165) is 16.8 Å². The third-order valence-corrected chi connectivity index (χ3v) is 3.77. The molecule has 0 fully saturated rings. The minimum Gasteiger partial charge on any atom is -0.390 e. The first-order chi connectivity index (χ1) is 12.1. The lowest BCUT2D eigenvalue weighted by molar-refractivity contribution is -0.117. The van der Waals surface area contributed by atoms with Crippen LogP contribution in [-0.2, 0) is 23.1 Å². The first-order valence-electron chi connectivity index (χ1n) is 7.99. The van der Waals surface area contributed by atoms with Gasteiger partial charge in [-0.05, 0) is 23.8 Å². The van der Waals surface area contributed by atoms with E-state index in [4.69, 9.17) is 4.84 Å². The number of rotatable bonds is 6. The van der Waals surface area contributed by atoms with Crippen LogP contribution in [0, 0.1) is 5.82 Å². The molecule has 1 atom stereocenters. The van der Waals surface area contributed by atoms with Gasteiger partial charge in [0.25, 0.3) is 0 Å². The molecule has 0 saturated carbocycles. The van der Waals surface area contributed by atoms with Crippen molar-refractivity contribution in [2.75, 3.05) is 6.54 Å². The maximum Gasteiger partial charge on any atom is 0.244 e. The molecule has 0 bridgehead atoms. The lowest BCUT2D eigenvalue weighted by Crippen LogP contribution is -2.31. The summed E-state index contributed by atoms with van der Waals surface area (Å²) in [4.78, 5) is 17.2. The lowest BCUT2D eigenvalue weighted by atomic mass is 10.0. The topological polar surface area (TPSA) is 68.5 Å². The Morgan fingerprint density at radius 2 is 2.24 bits per heavy atom. The van der Waals surface area contributed by atoms with Crippen LogP contribution in [0.4, 0.5) is 4.39 Å². The van der Waals surface area contributed by atoms with Crippen molar-refractivity contribution in [3.05, 3.63) is 59.7 Å². The smallest absolute Gasteiger partial charge is 0.244 e. The van der Waals surface area contributed by atoms with E-state index in [1.807, 2.05) is 13.2 Å². The minimum atomic E-state index is -0.256. The van der Waals surface area contributed by atoms with Crippen molar-refractivity contribution in [3.63, 3.8) is 0 Å². The summed E-state index contributed by atoms with van der Waals surface area (Å²) in [5.41, 5.74) is 2.73. The second-order valence-electron chi connectivity index (χ2n) is 5.92. The molecule has 1 aliphatic heterocycles. The second kappa shape index (κ2) is 7.74. The predicted molar refractivity (Wildman–Crippen MR) is 92.3 cm³/mol. The van der Waals surface area contributed by atoms with Crippen molar-refractivity contribution >= 4 is 17.7 Å². The molecular weight excluding hydrogens is 323 g/mol. The number of halogens is 1. The van der Waals surface area contributed by atoms with Gasteiger partial charge in [0.05, 0.1) is 18.5 Å². The molecule has 0 radical (unpaired) electrons. The number of nitrogens with one attached hydrogen (secondary N) is 1. The van der Waals surface area contributed by atoms with Gasteiger partial charge in [-0.2, -0.15) is 5.10 Å². The summed E-state index contributed by atoms with van der Waals surface area (Å²) in [7, 11) is 1.82. The van der Waals surface area contributed by atoms with E-state index in [0.29, 0.717) is 19.4 Å². The molecule has 7 heteroatoms. The van der Waals surface area contributed by atoms with Gasteiger partial charge in [-0.3, -0.25) is 9.48 Å². The number of hydrogen-bond donors (Lipinski definition) is 1. The average molecular weight is 342 g/mol. The SMILES string of the molecule is Cn1cc(/C=C/C(=O)NCC2CC(Cc3ccc(F)cc3)=NO2)cn1. The molecule has 25 heavy (non-hydrogen) atoms. The van der Waals surface area contributed by atoms with Gasteiger partial charge in [0.15, 0.2) is 0 Å². The number of oxime groups is 1. The lowest BCUT2D eigenvalue weighted by Gasteiger charge is -2.08. The van der Waals surface area contributed by atoms with E-state index in [-0.39, 0.29) is 17.8 Å². The zero-order chi connectivity index (χ0) is 17.6. The number of benzene rings is 1. The van der Waals surface area contributed by atoms with E-state index < -0.39 is 0 Å². The third kappa shape index (κ3) is 5.00. The molecule has 1 amide bonds. The number of aromatic nitrogens is 2. The van der Waals surface area contributed by atoms with Crippen LogP contribution in [0.25, 0.3) is 6.08 Å². The van der Waals surface area contributed by atoms with Crippen LogP contribution >= 0.6 is 0 Å². The van der Waals surface area contributed by atoms with Crippen LogP contribution in [0.5, 0.6) is 0 Å². The Morgan fingerprint density at radius 1 is 1.44 bits per heavy atom. The summed E-state index contributed by atoms with van der Waals surface area (Å²) in [5.74, 6) is -0.451. The summed E-state index contributed by atoms with van der Waals surface area (Å²) in [6, 6.07) is 6.32. The first-order valence-corrected chi connectivity index (χ1v) is 7.99. The number of carbonyl (C=O) groups excluding carboxylic acids is 1. The second-order valence-corrected chi connectivity index (χ2v) is 5.92. The van der Waals surface area contributed by atoms with Crippen LogP contribution in [0.1, 0.15) is 17.5 Å². The van der Waals surface area contributed by atoms with Gasteiger partial charge in [-0.1, -0.05) is 17.3 Å². The number of aryl methyl sites for hydroxylation is 1. The van der Waals surface area contributed by atoms with E-state index in [1.54, 1.807) is 29.1 Å². The molecule has 0 aliphatic carbocycles. The maximum absolute atomic E-state index is 12.9. The molecule has 2 heterocycles. The van der Waals surface area contributed by atoms with Gasteiger partial charge in [-0.25, -0.2) is 4.39 Å². The molecule has 3 rings (SSSR count). The molecular formula is C18H19FN4O2. The molecule has 0 spiro atoms. The average Bonchev–Trinajstić information content (AvgIpc) is 3.22. The Morgan fingerprint density at radius 3 is 2.96 bits per heavy atom. The largest absolute Gasteiger partial charge is 0.390 e. The van der Waals surface area contributed by atoms with Crippen molar-refractivity contribution in [2.24, 2.45) is 12.2 Å². The van der Waals surface area contributed by atoms with Crippen molar-refractivity contribution in [1.82, 2.24) is 15.1 Å². The maximum atomic E-state index is 12.9. The normalized spacial score (nSPS) is 16.7. The highest BCUT2D eigenvalue weighted by Crippen LogP contribution is 2.14. The highest BCUT2D eigenvalue weighted by Gasteiger charge is 2.21. The molecule has 1 aliphatic rings. The van der Waals surface area contributed by atoms with Crippen LogP contribution in [0.15, 0.2) is 47.9 Å². The number of carbonyl (C=O) groups is 1. The summed E-state index contributed by atoms with van der Waals surface area (Å²) in [6.45, 7) is 0.382. The molecule has 1 N–H and O–H groups in total. The van der Waals surface area contributed by atoms with E-state index >= 15 is 0 Å². The predicted octanol–water partition coefficient (Wildman–Crippen LogP) is 2.08. The van der Waals surface area contributed by atoms with Gasteiger partial charge >= 0.3 is 0 Å². The minimum absolute atomic E-state index is 0.175. The Labute approximate surface area is 145 Å². The molecule has 130 valence electrons. The van der Waals surface area contributed by atoms with E-state index in [2.05, 4.69) is 15.6 Å². The Hall–Kier alpha value is -2.96. The monoisotopic (exact) mass is 342 g/mol. The van der Waals surface area contributed by atoms with Crippen molar-refractivity contribution in [3.8, 4) is 0 Å². The molecule has 2 aromatic rings. The molecule has 6 nitrogen and oxygen atoms in total. The Balaban J connectivity index is 1.41. The van der Waals surface area contributed by atoms with Gasteiger partial charge in [0, 0.05) is 37.7 Å². The van der Waals surface area contributed by atoms with Crippen molar-refractivity contribution in [1.29, 1.82) is 0 Å². The highest BCUT2D eigenvalue weighted by atomic mass is 19.1. The van der Waals surface area contributed by atoms with Crippen molar-refractivity contribution in [2.45, 2.75) is 18.9 Å². The van der Waals surface area contributed by atoms with E-state index in [1.165, 1.54) is 18.2 Å². The van der Waals surface area contributed by atoms with Crippen molar-refractivity contribution < 1.29 is 14.0 Å². The summed E-state index contributed by atoms with van der Waals surface area (Å²) >= 11 is 0. The zero-order valence-electron chi connectivity index (χ0n) is 13.9. The van der Waals surface area contributed by atoms with Gasteiger partial charge < -0.3 is 10.2 Å². The fraction of sp³-hybridized carbons (Fsp3) is 0.278.